The molecule has 1 N–H and O–H groups in total. The van der Waals surface area contributed by atoms with Crippen LogP contribution in [0.3, 0.4) is 0 Å². The van der Waals surface area contributed by atoms with Crippen molar-refractivity contribution < 1.29 is 13.6 Å². The monoisotopic (exact) mass is 331 g/mol. The first-order valence-corrected chi connectivity index (χ1v) is 8.60. The summed E-state index contributed by atoms with van der Waals surface area (Å²) in [5, 5.41) is 3.19. The fourth-order valence-corrected chi connectivity index (χ4v) is 3.17. The summed E-state index contributed by atoms with van der Waals surface area (Å²) in [5.74, 6) is 2.55. The molecule has 1 aliphatic heterocycles. The van der Waals surface area contributed by atoms with Crippen LogP contribution < -0.4 is 5.32 Å². The maximum atomic E-state index is 12.5. The molecule has 1 fully saturated rings. The Morgan fingerprint density at radius 2 is 2.21 bits per heavy atom. The summed E-state index contributed by atoms with van der Waals surface area (Å²) in [7, 11) is 1.98. The van der Waals surface area contributed by atoms with Gasteiger partial charge in [0.2, 0.25) is 5.91 Å². The molecule has 24 heavy (non-hydrogen) atoms. The third-order valence-electron chi connectivity index (χ3n) is 4.71. The van der Waals surface area contributed by atoms with E-state index in [0.29, 0.717) is 23.1 Å². The van der Waals surface area contributed by atoms with Gasteiger partial charge < -0.3 is 19.1 Å². The number of likely N-dealkylation sites (tertiary alicyclic amines) is 1. The van der Waals surface area contributed by atoms with Crippen LogP contribution >= 0.6 is 0 Å². The molecule has 1 aliphatic rings. The molecule has 1 saturated heterocycles. The third kappa shape index (κ3) is 3.87. The van der Waals surface area contributed by atoms with Crippen LogP contribution in [0, 0.1) is 12.8 Å². The molecular weight excluding hydrogens is 306 g/mol. The predicted octanol–water partition coefficient (Wildman–Crippen LogP) is 2.63. The van der Waals surface area contributed by atoms with Gasteiger partial charge in [0, 0.05) is 13.1 Å². The summed E-state index contributed by atoms with van der Waals surface area (Å²) < 4.78 is 10.9. The highest BCUT2D eigenvalue weighted by Gasteiger charge is 2.24. The molecular formula is C18H25N3O3. The first-order valence-electron chi connectivity index (χ1n) is 8.60. The van der Waals surface area contributed by atoms with Gasteiger partial charge >= 0.3 is 0 Å². The van der Waals surface area contributed by atoms with Crippen LogP contribution in [0.4, 0.5) is 0 Å². The molecule has 2 aromatic heterocycles. The molecule has 0 spiro atoms. The summed E-state index contributed by atoms with van der Waals surface area (Å²) in [5.41, 5.74) is 0.698. The number of carbonyl (C=O) groups is 1. The molecule has 0 radical (unpaired) electrons. The highest BCUT2D eigenvalue weighted by molar-refractivity contribution is 5.78. The second kappa shape index (κ2) is 7.66. The highest BCUT2D eigenvalue weighted by Crippen LogP contribution is 2.24. The van der Waals surface area contributed by atoms with E-state index in [-0.39, 0.29) is 12.3 Å². The van der Waals surface area contributed by atoms with Crippen molar-refractivity contribution in [3.63, 3.8) is 0 Å². The Bertz CT molecular complexity index is 655. The zero-order valence-electron chi connectivity index (χ0n) is 14.4. The van der Waals surface area contributed by atoms with Gasteiger partial charge in [-0.3, -0.25) is 4.79 Å². The van der Waals surface area contributed by atoms with Crippen LogP contribution in [-0.4, -0.2) is 42.5 Å². The smallest absolute Gasteiger partial charge is 0.263 e. The average Bonchev–Trinajstić information content (AvgIpc) is 3.24. The minimum Gasteiger partial charge on any atom is -0.459 e. The largest absolute Gasteiger partial charge is 0.459 e. The number of nitrogens with one attached hydrogen (secondary N) is 1. The van der Waals surface area contributed by atoms with E-state index < -0.39 is 0 Å². The number of oxazole rings is 1. The number of piperidine rings is 1. The Kier molecular flexibility index (Phi) is 5.35. The van der Waals surface area contributed by atoms with Crippen molar-refractivity contribution in [1.29, 1.82) is 0 Å². The second-order valence-electron chi connectivity index (χ2n) is 6.39. The van der Waals surface area contributed by atoms with E-state index in [4.69, 9.17) is 8.83 Å². The maximum absolute atomic E-state index is 12.5. The zero-order valence-corrected chi connectivity index (χ0v) is 14.4. The molecule has 1 amide bonds. The number of hydrogen-bond acceptors (Lipinski definition) is 5. The fraction of sp³-hybridized carbons (Fsp3) is 0.556. The Hall–Kier alpha value is -2.08. The Balaban J connectivity index is 1.56. The van der Waals surface area contributed by atoms with Gasteiger partial charge in [0.1, 0.15) is 5.76 Å². The summed E-state index contributed by atoms with van der Waals surface area (Å²) in [6.07, 6.45) is 5.23. The minimum atomic E-state index is 0.129. The molecule has 0 saturated carbocycles. The Morgan fingerprint density at radius 3 is 2.88 bits per heavy atom. The van der Waals surface area contributed by atoms with Gasteiger partial charge in [0.25, 0.3) is 5.89 Å². The van der Waals surface area contributed by atoms with E-state index in [1.807, 2.05) is 18.9 Å². The number of furan rings is 1. The first kappa shape index (κ1) is 16.8. The quantitative estimate of drug-likeness (QED) is 0.881. The molecule has 6 heteroatoms. The number of aromatic nitrogens is 1. The number of amides is 1. The first-order chi connectivity index (χ1) is 11.7. The molecule has 0 aromatic carbocycles. The standard InChI is InChI=1S/C18H25N3O3/c1-13-15(20-18(24-13)16-4-3-11-23-16)12-17(22)21-9-6-14(7-10-21)5-8-19-2/h3-4,11,14,19H,5-10,12H2,1-2H3. The SMILES string of the molecule is CNCCC1CCN(C(=O)Cc2nc(-c3ccco3)oc2C)CC1. The van der Waals surface area contributed by atoms with E-state index in [1.165, 1.54) is 6.42 Å². The molecule has 0 atom stereocenters. The van der Waals surface area contributed by atoms with Crippen LogP contribution in [0.5, 0.6) is 0 Å². The number of rotatable bonds is 6. The third-order valence-corrected chi connectivity index (χ3v) is 4.71. The Labute approximate surface area is 142 Å². The van der Waals surface area contributed by atoms with E-state index in [1.54, 1.807) is 18.4 Å². The maximum Gasteiger partial charge on any atom is 0.263 e. The van der Waals surface area contributed by atoms with Gasteiger partial charge in [-0.15, -0.1) is 0 Å². The molecule has 3 heterocycles. The highest BCUT2D eigenvalue weighted by atomic mass is 16.4. The lowest BCUT2D eigenvalue weighted by molar-refractivity contribution is -0.131. The number of aryl methyl sites for hydroxylation is 1. The average molecular weight is 331 g/mol. The van der Waals surface area contributed by atoms with Gasteiger partial charge in [-0.05, 0) is 57.8 Å². The van der Waals surface area contributed by atoms with Crippen LogP contribution in [0.25, 0.3) is 11.7 Å². The van der Waals surface area contributed by atoms with Crippen LogP contribution in [0.15, 0.2) is 27.2 Å². The van der Waals surface area contributed by atoms with Crippen molar-refractivity contribution in [2.75, 3.05) is 26.7 Å². The van der Waals surface area contributed by atoms with Crippen LogP contribution in [0.2, 0.25) is 0 Å². The molecule has 130 valence electrons. The van der Waals surface area contributed by atoms with E-state index in [2.05, 4.69) is 10.3 Å². The number of hydrogen-bond donors (Lipinski definition) is 1. The molecule has 3 rings (SSSR count). The van der Waals surface area contributed by atoms with Gasteiger partial charge in [-0.1, -0.05) is 0 Å². The van der Waals surface area contributed by atoms with E-state index in [0.717, 1.165) is 38.4 Å². The van der Waals surface area contributed by atoms with Crippen molar-refractivity contribution in [2.45, 2.75) is 32.6 Å². The summed E-state index contributed by atoms with van der Waals surface area (Å²) >= 11 is 0. The fourth-order valence-electron chi connectivity index (χ4n) is 3.17. The van der Waals surface area contributed by atoms with Crippen molar-refractivity contribution in [1.82, 2.24) is 15.2 Å². The topological polar surface area (TPSA) is 71.5 Å². The summed E-state index contributed by atoms with van der Waals surface area (Å²) in [6, 6.07) is 3.59. The minimum absolute atomic E-state index is 0.129. The molecule has 0 aliphatic carbocycles. The number of nitrogens with zero attached hydrogens (tertiary/aromatic N) is 2. The van der Waals surface area contributed by atoms with Crippen molar-refractivity contribution >= 4 is 5.91 Å². The number of carbonyl (C=O) groups excluding carboxylic acids is 1. The molecule has 0 unspecified atom stereocenters. The summed E-state index contributed by atoms with van der Waals surface area (Å²) in [4.78, 5) is 18.9. The van der Waals surface area contributed by atoms with Gasteiger partial charge in [0.05, 0.1) is 18.4 Å². The Morgan fingerprint density at radius 1 is 1.42 bits per heavy atom. The van der Waals surface area contributed by atoms with Gasteiger partial charge in [-0.2, -0.15) is 0 Å². The van der Waals surface area contributed by atoms with Crippen molar-refractivity contribution in [2.24, 2.45) is 5.92 Å². The second-order valence-corrected chi connectivity index (χ2v) is 6.39. The van der Waals surface area contributed by atoms with E-state index in [9.17, 15) is 4.79 Å². The molecule has 2 aromatic rings. The van der Waals surface area contributed by atoms with Crippen molar-refractivity contribution in [3.05, 3.63) is 29.9 Å². The lowest BCUT2D eigenvalue weighted by atomic mass is 9.93. The van der Waals surface area contributed by atoms with Crippen molar-refractivity contribution in [3.8, 4) is 11.7 Å². The van der Waals surface area contributed by atoms with E-state index >= 15 is 0 Å². The van der Waals surface area contributed by atoms with Crippen LogP contribution in [0.1, 0.15) is 30.7 Å². The van der Waals surface area contributed by atoms with Crippen LogP contribution in [-0.2, 0) is 11.2 Å². The molecule has 0 bridgehead atoms. The lowest BCUT2D eigenvalue weighted by Crippen LogP contribution is -2.39. The molecule has 6 nitrogen and oxygen atoms in total. The normalized spacial score (nSPS) is 15.8. The summed E-state index contributed by atoms with van der Waals surface area (Å²) in [6.45, 7) is 4.57. The lowest BCUT2D eigenvalue weighted by Gasteiger charge is -2.32. The van der Waals surface area contributed by atoms with Gasteiger partial charge in [-0.25, -0.2) is 4.98 Å². The van der Waals surface area contributed by atoms with Gasteiger partial charge in [0.15, 0.2) is 5.76 Å². The predicted molar refractivity (Wildman–Crippen MR) is 90.5 cm³/mol. The zero-order chi connectivity index (χ0) is 16.9.